The molecule has 9 heteroatoms. The number of hydrogen-bond acceptors (Lipinski definition) is 6. The summed E-state index contributed by atoms with van der Waals surface area (Å²) in [5, 5.41) is 13.4. The third kappa shape index (κ3) is 3.93. The van der Waals surface area contributed by atoms with Gasteiger partial charge in [-0.3, -0.25) is 19.8 Å². The molecule has 0 atom stereocenters. The van der Waals surface area contributed by atoms with Crippen LogP contribution in [0.4, 0.5) is 11.4 Å². The van der Waals surface area contributed by atoms with E-state index in [0.29, 0.717) is 31.3 Å². The standard InChI is InChI=1S/C24H13ClN2O4S2/c25-19-10-8-15(27(29)30)12-18(19)21-11-9-16(31-21)13-22-23(28)26(24(32)33-22)20-7-3-5-14-4-1-2-6-17(14)20/h1-13H/b22-13-. The predicted molar refractivity (Wildman–Crippen MR) is 135 cm³/mol. The molecule has 0 aliphatic carbocycles. The molecule has 3 aromatic carbocycles. The monoisotopic (exact) mass is 492 g/mol. The summed E-state index contributed by atoms with van der Waals surface area (Å²) in [4.78, 5) is 25.8. The van der Waals surface area contributed by atoms with Gasteiger partial charge < -0.3 is 4.42 Å². The highest BCUT2D eigenvalue weighted by Crippen LogP contribution is 2.40. The number of halogens is 1. The molecule has 1 fully saturated rings. The number of nitro groups is 1. The molecular formula is C24H13ClN2O4S2. The largest absolute Gasteiger partial charge is 0.457 e. The lowest BCUT2D eigenvalue weighted by Gasteiger charge is -2.17. The van der Waals surface area contributed by atoms with Crippen molar-refractivity contribution in [1.29, 1.82) is 0 Å². The van der Waals surface area contributed by atoms with Crippen molar-refractivity contribution in [2.45, 2.75) is 0 Å². The normalized spacial score (nSPS) is 15.1. The smallest absolute Gasteiger partial charge is 0.270 e. The van der Waals surface area contributed by atoms with Crippen molar-refractivity contribution in [2.75, 3.05) is 4.90 Å². The second kappa shape index (κ2) is 8.47. The van der Waals surface area contributed by atoms with E-state index in [1.807, 2.05) is 42.5 Å². The molecule has 0 radical (unpaired) electrons. The highest BCUT2D eigenvalue weighted by Gasteiger charge is 2.34. The number of carbonyl (C=O) groups excluding carboxylic acids is 1. The summed E-state index contributed by atoms with van der Waals surface area (Å²) in [6, 6.07) is 21.0. The minimum absolute atomic E-state index is 0.0942. The van der Waals surface area contributed by atoms with E-state index in [0.717, 1.165) is 16.5 Å². The predicted octanol–water partition coefficient (Wildman–Crippen LogP) is 7.07. The highest BCUT2D eigenvalue weighted by molar-refractivity contribution is 8.27. The maximum Gasteiger partial charge on any atom is 0.270 e. The molecule has 0 spiro atoms. The van der Waals surface area contributed by atoms with Gasteiger partial charge in [-0.25, -0.2) is 0 Å². The van der Waals surface area contributed by atoms with E-state index in [4.69, 9.17) is 28.2 Å². The molecule has 4 aromatic rings. The van der Waals surface area contributed by atoms with E-state index in [2.05, 4.69) is 0 Å². The fourth-order valence-electron chi connectivity index (χ4n) is 3.60. The van der Waals surface area contributed by atoms with Gasteiger partial charge in [0.15, 0.2) is 4.32 Å². The second-order valence-electron chi connectivity index (χ2n) is 7.14. The zero-order chi connectivity index (χ0) is 23.1. The van der Waals surface area contributed by atoms with Crippen molar-refractivity contribution in [3.05, 3.63) is 98.6 Å². The lowest BCUT2D eigenvalue weighted by Crippen LogP contribution is -2.27. The van der Waals surface area contributed by atoms with Crippen LogP contribution in [0.5, 0.6) is 0 Å². The molecule has 2 heterocycles. The van der Waals surface area contributed by atoms with Gasteiger partial charge >= 0.3 is 0 Å². The first-order valence-corrected chi connectivity index (χ1v) is 11.3. The number of amides is 1. The first-order valence-electron chi connectivity index (χ1n) is 9.72. The fourth-order valence-corrected chi connectivity index (χ4v) is 5.07. The van der Waals surface area contributed by atoms with Crippen molar-refractivity contribution in [3.8, 4) is 11.3 Å². The number of benzene rings is 3. The Kier molecular flexibility index (Phi) is 5.49. The van der Waals surface area contributed by atoms with Crippen LogP contribution in [0.3, 0.4) is 0 Å². The Bertz CT molecular complexity index is 1490. The highest BCUT2D eigenvalue weighted by atomic mass is 35.5. The van der Waals surface area contributed by atoms with Crippen LogP contribution in [-0.2, 0) is 4.79 Å². The second-order valence-corrected chi connectivity index (χ2v) is 9.22. The van der Waals surface area contributed by atoms with E-state index in [1.165, 1.54) is 34.9 Å². The van der Waals surface area contributed by atoms with Crippen molar-refractivity contribution < 1.29 is 14.1 Å². The van der Waals surface area contributed by atoms with E-state index < -0.39 is 4.92 Å². The van der Waals surface area contributed by atoms with Crippen LogP contribution in [0.25, 0.3) is 28.2 Å². The molecule has 0 N–H and O–H groups in total. The molecule has 1 aliphatic rings. The van der Waals surface area contributed by atoms with Crippen LogP contribution in [0.2, 0.25) is 5.02 Å². The van der Waals surface area contributed by atoms with Crippen LogP contribution in [0.1, 0.15) is 5.76 Å². The van der Waals surface area contributed by atoms with Crippen LogP contribution in [0, 0.1) is 10.1 Å². The van der Waals surface area contributed by atoms with Gasteiger partial charge in [0.1, 0.15) is 11.5 Å². The van der Waals surface area contributed by atoms with Crippen LogP contribution >= 0.6 is 35.6 Å². The summed E-state index contributed by atoms with van der Waals surface area (Å²) in [5.41, 5.74) is 1.03. The minimum atomic E-state index is -0.498. The first kappa shape index (κ1) is 21.4. The topological polar surface area (TPSA) is 76.6 Å². The molecule has 1 aliphatic heterocycles. The van der Waals surface area contributed by atoms with E-state index >= 15 is 0 Å². The SMILES string of the molecule is O=C1/C(=C/c2ccc(-c3cc([N+](=O)[O-])ccc3Cl)o2)SC(=S)N1c1cccc2ccccc12. The van der Waals surface area contributed by atoms with Gasteiger partial charge in [-0.1, -0.05) is 72.0 Å². The molecule has 162 valence electrons. The molecule has 6 nitrogen and oxygen atoms in total. The number of furan rings is 1. The van der Waals surface area contributed by atoms with Gasteiger partial charge in [-0.2, -0.15) is 0 Å². The lowest BCUT2D eigenvalue weighted by atomic mass is 10.1. The van der Waals surface area contributed by atoms with Crippen LogP contribution in [-0.4, -0.2) is 15.2 Å². The Labute approximate surface area is 202 Å². The van der Waals surface area contributed by atoms with E-state index in [-0.39, 0.29) is 11.6 Å². The summed E-state index contributed by atoms with van der Waals surface area (Å²) in [5.74, 6) is 0.526. The summed E-state index contributed by atoms with van der Waals surface area (Å²) in [7, 11) is 0. The number of fused-ring (bicyclic) bond motifs is 1. The van der Waals surface area contributed by atoms with Gasteiger partial charge in [0.2, 0.25) is 0 Å². The van der Waals surface area contributed by atoms with Crippen molar-refractivity contribution >= 4 is 74.0 Å². The quantitative estimate of drug-likeness (QED) is 0.131. The number of anilines is 1. The summed E-state index contributed by atoms with van der Waals surface area (Å²) in [6.45, 7) is 0. The molecule has 1 amide bonds. The maximum absolute atomic E-state index is 13.2. The molecule has 33 heavy (non-hydrogen) atoms. The summed E-state index contributed by atoms with van der Waals surface area (Å²) in [6.07, 6.45) is 1.61. The maximum atomic E-state index is 13.2. The molecule has 5 rings (SSSR count). The number of nitrogens with zero attached hydrogens (tertiary/aromatic N) is 2. The Hall–Kier alpha value is -3.46. The number of thiocarbonyl (C=S) groups is 1. The number of rotatable bonds is 4. The molecule has 1 saturated heterocycles. The fraction of sp³-hybridized carbons (Fsp3) is 0. The Morgan fingerprint density at radius 2 is 1.85 bits per heavy atom. The Balaban J connectivity index is 1.48. The molecule has 1 aromatic heterocycles. The molecule has 0 bridgehead atoms. The van der Waals surface area contributed by atoms with Crippen LogP contribution < -0.4 is 4.90 Å². The van der Waals surface area contributed by atoms with E-state index in [1.54, 1.807) is 18.2 Å². The van der Waals surface area contributed by atoms with Crippen molar-refractivity contribution in [2.24, 2.45) is 0 Å². The lowest BCUT2D eigenvalue weighted by molar-refractivity contribution is -0.384. The van der Waals surface area contributed by atoms with Gasteiger partial charge in [0, 0.05) is 29.2 Å². The zero-order valence-corrected chi connectivity index (χ0v) is 19.1. The number of nitro benzene ring substituents is 1. The summed E-state index contributed by atoms with van der Waals surface area (Å²) < 4.78 is 6.26. The minimum Gasteiger partial charge on any atom is -0.457 e. The van der Waals surface area contributed by atoms with Crippen molar-refractivity contribution in [1.82, 2.24) is 0 Å². The summed E-state index contributed by atoms with van der Waals surface area (Å²) >= 11 is 12.9. The number of non-ortho nitro benzene ring substituents is 1. The molecule has 0 unspecified atom stereocenters. The van der Waals surface area contributed by atoms with Gasteiger partial charge in [-0.15, -0.1) is 0 Å². The van der Waals surface area contributed by atoms with Gasteiger partial charge in [0.05, 0.1) is 20.5 Å². The first-order chi connectivity index (χ1) is 15.9. The molecule has 0 saturated carbocycles. The number of carbonyl (C=O) groups is 1. The Morgan fingerprint density at radius 1 is 1.06 bits per heavy atom. The number of hydrogen-bond donors (Lipinski definition) is 0. The van der Waals surface area contributed by atoms with E-state index in [9.17, 15) is 14.9 Å². The zero-order valence-electron chi connectivity index (χ0n) is 16.7. The Morgan fingerprint density at radius 3 is 2.67 bits per heavy atom. The average Bonchev–Trinajstić information content (AvgIpc) is 3.37. The van der Waals surface area contributed by atoms with Crippen LogP contribution in [0.15, 0.2) is 82.1 Å². The average molecular weight is 493 g/mol. The van der Waals surface area contributed by atoms with Gasteiger partial charge in [-0.05, 0) is 29.7 Å². The van der Waals surface area contributed by atoms with Gasteiger partial charge in [0.25, 0.3) is 11.6 Å². The molecular weight excluding hydrogens is 480 g/mol. The number of thioether (sulfide) groups is 1. The van der Waals surface area contributed by atoms with Crippen molar-refractivity contribution in [3.63, 3.8) is 0 Å². The third-order valence-electron chi connectivity index (χ3n) is 5.13. The third-order valence-corrected chi connectivity index (χ3v) is 6.76.